The predicted molar refractivity (Wildman–Crippen MR) is 68.6 cm³/mol. The normalized spacial score (nSPS) is 11.7. The number of hydrogen-bond donors (Lipinski definition) is 2. The van der Waals surface area contributed by atoms with Crippen LogP contribution in [0.5, 0.6) is 0 Å². The molecule has 0 unspecified atom stereocenters. The zero-order chi connectivity index (χ0) is 13.9. The molecule has 18 heavy (non-hydrogen) atoms. The van der Waals surface area contributed by atoms with Crippen molar-refractivity contribution < 1.29 is 18.3 Å². The highest BCUT2D eigenvalue weighted by Gasteiger charge is 2.31. The number of aryl methyl sites for hydroxylation is 1. The number of aliphatic hydroxyl groups is 1. The standard InChI is InChI=1S/C11H14BrF3N2O/c1-7-4-10(8(12)5-9(7)16)17(2-3-18)6-11(13,14)15/h4-5,18H,2-3,6,16H2,1H3. The van der Waals surface area contributed by atoms with E-state index in [0.29, 0.717) is 21.4 Å². The lowest BCUT2D eigenvalue weighted by atomic mass is 10.1. The number of hydrogen-bond acceptors (Lipinski definition) is 3. The van der Waals surface area contributed by atoms with Gasteiger partial charge in [-0.15, -0.1) is 0 Å². The van der Waals surface area contributed by atoms with Crippen LogP contribution in [0.4, 0.5) is 24.5 Å². The molecule has 0 amide bonds. The van der Waals surface area contributed by atoms with Gasteiger partial charge in [0.05, 0.1) is 12.3 Å². The molecule has 3 nitrogen and oxygen atoms in total. The maximum absolute atomic E-state index is 12.5. The topological polar surface area (TPSA) is 49.5 Å². The fraction of sp³-hybridized carbons (Fsp3) is 0.455. The smallest absolute Gasteiger partial charge is 0.398 e. The van der Waals surface area contributed by atoms with Crippen molar-refractivity contribution in [3.05, 3.63) is 22.2 Å². The molecule has 1 rings (SSSR count). The van der Waals surface area contributed by atoms with Crippen LogP contribution in [-0.2, 0) is 0 Å². The average molecular weight is 327 g/mol. The Labute approximate surface area is 112 Å². The number of alkyl halides is 3. The molecule has 0 bridgehead atoms. The maximum atomic E-state index is 12.5. The first kappa shape index (κ1) is 15.1. The largest absolute Gasteiger partial charge is 0.405 e. The Balaban J connectivity index is 3.09. The van der Waals surface area contributed by atoms with Gasteiger partial charge in [0.25, 0.3) is 0 Å². The van der Waals surface area contributed by atoms with Gasteiger partial charge >= 0.3 is 6.18 Å². The van der Waals surface area contributed by atoms with Crippen molar-refractivity contribution in [3.8, 4) is 0 Å². The van der Waals surface area contributed by atoms with Gasteiger partial charge in [-0.3, -0.25) is 0 Å². The van der Waals surface area contributed by atoms with Gasteiger partial charge in [0.1, 0.15) is 6.54 Å². The molecule has 0 aliphatic heterocycles. The predicted octanol–water partition coefficient (Wildman–Crippen LogP) is 2.70. The highest BCUT2D eigenvalue weighted by Crippen LogP contribution is 2.32. The molecular weight excluding hydrogens is 313 g/mol. The Bertz CT molecular complexity index is 423. The van der Waals surface area contributed by atoms with E-state index in [1.807, 2.05) is 0 Å². The Kier molecular flexibility index (Phi) is 4.86. The molecule has 1 aromatic rings. The van der Waals surface area contributed by atoms with Crippen molar-refractivity contribution in [2.75, 3.05) is 30.3 Å². The molecule has 7 heteroatoms. The number of anilines is 2. The number of nitrogens with two attached hydrogens (primary N) is 1. The summed E-state index contributed by atoms with van der Waals surface area (Å²) in [5.74, 6) is 0. The first-order chi connectivity index (χ1) is 8.24. The molecule has 0 atom stereocenters. The third-order valence-corrected chi connectivity index (χ3v) is 3.05. The minimum absolute atomic E-state index is 0.0958. The van der Waals surface area contributed by atoms with E-state index in [9.17, 15) is 13.2 Å². The summed E-state index contributed by atoms with van der Waals surface area (Å²) in [6, 6.07) is 3.13. The highest BCUT2D eigenvalue weighted by molar-refractivity contribution is 9.10. The van der Waals surface area contributed by atoms with E-state index >= 15 is 0 Å². The first-order valence-corrected chi connectivity index (χ1v) is 6.02. The molecule has 102 valence electrons. The summed E-state index contributed by atoms with van der Waals surface area (Å²) in [5, 5.41) is 8.86. The average Bonchev–Trinajstić information content (AvgIpc) is 2.21. The van der Waals surface area contributed by atoms with Gasteiger partial charge in [-0.05, 0) is 40.5 Å². The van der Waals surface area contributed by atoms with Crippen molar-refractivity contribution in [2.24, 2.45) is 0 Å². The second-order valence-corrected chi connectivity index (χ2v) is 4.77. The monoisotopic (exact) mass is 326 g/mol. The third-order valence-electron chi connectivity index (χ3n) is 2.42. The van der Waals surface area contributed by atoms with Crippen molar-refractivity contribution in [2.45, 2.75) is 13.1 Å². The van der Waals surface area contributed by atoms with Crippen LogP contribution in [0.25, 0.3) is 0 Å². The van der Waals surface area contributed by atoms with Crippen LogP contribution in [0.2, 0.25) is 0 Å². The Morgan fingerprint density at radius 3 is 2.50 bits per heavy atom. The summed E-state index contributed by atoms with van der Waals surface area (Å²) in [4.78, 5) is 1.07. The SMILES string of the molecule is Cc1cc(N(CCO)CC(F)(F)F)c(Br)cc1N. The minimum Gasteiger partial charge on any atom is -0.398 e. The van der Waals surface area contributed by atoms with E-state index in [1.165, 1.54) is 0 Å². The fourth-order valence-electron chi connectivity index (χ4n) is 1.55. The second-order valence-electron chi connectivity index (χ2n) is 3.92. The number of aliphatic hydroxyl groups excluding tert-OH is 1. The molecule has 3 N–H and O–H groups in total. The van der Waals surface area contributed by atoms with Crippen LogP contribution in [-0.4, -0.2) is 31.0 Å². The lowest BCUT2D eigenvalue weighted by Gasteiger charge is -2.26. The van der Waals surface area contributed by atoms with Gasteiger partial charge in [0, 0.05) is 16.7 Å². The van der Waals surface area contributed by atoms with Crippen molar-refractivity contribution >= 4 is 27.3 Å². The minimum atomic E-state index is -4.33. The molecule has 0 saturated heterocycles. The van der Waals surface area contributed by atoms with Crippen molar-refractivity contribution in [3.63, 3.8) is 0 Å². The van der Waals surface area contributed by atoms with Crippen LogP contribution >= 0.6 is 15.9 Å². The number of nitrogens with zero attached hydrogens (tertiary/aromatic N) is 1. The van der Waals surface area contributed by atoms with E-state index < -0.39 is 12.7 Å². The van der Waals surface area contributed by atoms with Crippen LogP contribution in [0.3, 0.4) is 0 Å². The van der Waals surface area contributed by atoms with Gasteiger partial charge in [-0.1, -0.05) is 0 Å². The lowest BCUT2D eigenvalue weighted by Crippen LogP contribution is -2.36. The lowest BCUT2D eigenvalue weighted by molar-refractivity contribution is -0.119. The fourth-order valence-corrected chi connectivity index (χ4v) is 2.16. The summed E-state index contributed by atoms with van der Waals surface area (Å²) < 4.78 is 37.9. The Hall–Kier alpha value is -0.950. The third kappa shape index (κ3) is 4.06. The Morgan fingerprint density at radius 2 is 2.00 bits per heavy atom. The molecule has 0 heterocycles. The van der Waals surface area contributed by atoms with Crippen LogP contribution < -0.4 is 10.6 Å². The molecule has 0 fully saturated rings. The van der Waals surface area contributed by atoms with Crippen LogP contribution in [0.15, 0.2) is 16.6 Å². The summed E-state index contributed by atoms with van der Waals surface area (Å²) in [6.45, 7) is 0.152. The maximum Gasteiger partial charge on any atom is 0.405 e. The molecule has 1 aromatic carbocycles. The number of rotatable bonds is 4. The van der Waals surface area contributed by atoms with Crippen molar-refractivity contribution in [1.29, 1.82) is 0 Å². The van der Waals surface area contributed by atoms with Gasteiger partial charge in [0.15, 0.2) is 0 Å². The van der Waals surface area contributed by atoms with Crippen LogP contribution in [0.1, 0.15) is 5.56 Å². The van der Waals surface area contributed by atoms with Gasteiger partial charge < -0.3 is 15.7 Å². The molecule has 0 saturated carbocycles. The molecule has 0 aliphatic rings. The summed E-state index contributed by atoms with van der Waals surface area (Å²) in [7, 11) is 0. The van der Waals surface area contributed by atoms with Gasteiger partial charge in [-0.2, -0.15) is 13.2 Å². The van der Waals surface area contributed by atoms with E-state index in [2.05, 4.69) is 15.9 Å². The van der Waals surface area contributed by atoms with Gasteiger partial charge in [-0.25, -0.2) is 0 Å². The summed E-state index contributed by atoms with van der Waals surface area (Å²) >= 11 is 3.19. The zero-order valence-corrected chi connectivity index (χ0v) is 11.3. The molecule has 0 radical (unpaired) electrons. The summed E-state index contributed by atoms with van der Waals surface area (Å²) in [6.07, 6.45) is -4.33. The zero-order valence-electron chi connectivity index (χ0n) is 9.76. The number of nitrogen functional groups attached to an aromatic ring is 1. The van der Waals surface area contributed by atoms with E-state index in [4.69, 9.17) is 10.8 Å². The van der Waals surface area contributed by atoms with Gasteiger partial charge in [0.2, 0.25) is 0 Å². The molecular formula is C11H14BrF3N2O. The van der Waals surface area contributed by atoms with E-state index in [0.717, 1.165) is 4.90 Å². The summed E-state index contributed by atoms with van der Waals surface area (Å²) in [5.41, 5.74) is 7.23. The number of halogens is 4. The molecule has 0 spiro atoms. The Morgan fingerprint density at radius 1 is 1.39 bits per heavy atom. The van der Waals surface area contributed by atoms with E-state index in [-0.39, 0.29) is 13.2 Å². The van der Waals surface area contributed by atoms with Crippen LogP contribution in [0, 0.1) is 6.92 Å². The second kappa shape index (κ2) is 5.79. The molecule has 0 aromatic heterocycles. The highest BCUT2D eigenvalue weighted by atomic mass is 79.9. The first-order valence-electron chi connectivity index (χ1n) is 5.23. The number of benzene rings is 1. The molecule has 0 aliphatic carbocycles. The van der Waals surface area contributed by atoms with Crippen molar-refractivity contribution in [1.82, 2.24) is 0 Å². The van der Waals surface area contributed by atoms with E-state index in [1.54, 1.807) is 19.1 Å². The quantitative estimate of drug-likeness (QED) is 0.836.